The van der Waals surface area contributed by atoms with Gasteiger partial charge in [0.05, 0.1) is 6.10 Å². The van der Waals surface area contributed by atoms with Crippen molar-refractivity contribution in [3.05, 3.63) is 12.2 Å². The molecule has 17 heavy (non-hydrogen) atoms. The minimum atomic E-state index is 0.321. The lowest BCUT2D eigenvalue weighted by atomic mass is 9.95. The van der Waals surface area contributed by atoms with Crippen molar-refractivity contribution in [3.8, 4) is 0 Å². The molecule has 0 bridgehead atoms. The summed E-state index contributed by atoms with van der Waals surface area (Å²) in [6, 6.07) is 0. The van der Waals surface area contributed by atoms with Crippen LogP contribution in [0, 0.1) is 5.92 Å². The van der Waals surface area contributed by atoms with Crippen molar-refractivity contribution in [1.82, 2.24) is 5.32 Å². The zero-order valence-electron chi connectivity index (χ0n) is 10.4. The van der Waals surface area contributed by atoms with E-state index in [1.807, 2.05) is 0 Å². The van der Waals surface area contributed by atoms with E-state index in [2.05, 4.69) is 22.5 Å². The quantitative estimate of drug-likeness (QED) is 0.442. The van der Waals surface area contributed by atoms with Crippen molar-refractivity contribution in [3.63, 3.8) is 0 Å². The Hall–Kier alpha value is -1.03. The second kappa shape index (κ2) is 6.64. The van der Waals surface area contributed by atoms with E-state index in [0.717, 1.165) is 39.0 Å². The monoisotopic (exact) mass is 237 g/mol. The van der Waals surface area contributed by atoms with E-state index < -0.39 is 0 Å². The molecule has 4 nitrogen and oxygen atoms in total. The molecule has 1 fully saturated rings. The summed E-state index contributed by atoms with van der Waals surface area (Å²) in [5.41, 5.74) is 5.83. The molecule has 1 aliphatic heterocycles. The Kier molecular flexibility index (Phi) is 4.86. The fourth-order valence-corrected chi connectivity index (χ4v) is 2.33. The summed E-state index contributed by atoms with van der Waals surface area (Å²) in [4.78, 5) is 4.40. The third-order valence-corrected chi connectivity index (χ3v) is 3.43. The highest BCUT2D eigenvalue weighted by Gasteiger charge is 2.15. The van der Waals surface area contributed by atoms with Gasteiger partial charge in [0.1, 0.15) is 0 Å². The predicted octanol–water partition coefficient (Wildman–Crippen LogP) is 1.43. The van der Waals surface area contributed by atoms with Gasteiger partial charge in [-0.05, 0) is 38.0 Å². The summed E-state index contributed by atoms with van der Waals surface area (Å²) in [7, 11) is 0. The van der Waals surface area contributed by atoms with Crippen LogP contribution in [0.25, 0.3) is 0 Å². The van der Waals surface area contributed by atoms with E-state index >= 15 is 0 Å². The Morgan fingerprint density at radius 2 is 2.35 bits per heavy atom. The Morgan fingerprint density at radius 1 is 1.41 bits per heavy atom. The van der Waals surface area contributed by atoms with E-state index in [0.29, 0.717) is 18.0 Å². The smallest absolute Gasteiger partial charge is 0.188 e. The lowest BCUT2D eigenvalue weighted by Crippen LogP contribution is -2.37. The Bertz CT molecular complexity index is 282. The number of allylic oxidation sites excluding steroid dienone is 2. The predicted molar refractivity (Wildman–Crippen MR) is 69.9 cm³/mol. The van der Waals surface area contributed by atoms with E-state index in [1.54, 1.807) is 0 Å². The van der Waals surface area contributed by atoms with Gasteiger partial charge in [-0.15, -0.1) is 0 Å². The highest BCUT2D eigenvalue weighted by molar-refractivity contribution is 5.77. The largest absolute Gasteiger partial charge is 0.376 e. The summed E-state index contributed by atoms with van der Waals surface area (Å²) in [5.74, 6) is 1.23. The van der Waals surface area contributed by atoms with Gasteiger partial charge in [-0.2, -0.15) is 0 Å². The maximum absolute atomic E-state index is 5.83. The second-order valence-electron chi connectivity index (χ2n) is 4.89. The second-order valence-corrected chi connectivity index (χ2v) is 4.89. The van der Waals surface area contributed by atoms with Crippen molar-refractivity contribution >= 4 is 5.96 Å². The Morgan fingerprint density at radius 3 is 3.06 bits per heavy atom. The van der Waals surface area contributed by atoms with Crippen LogP contribution in [0.2, 0.25) is 0 Å². The maximum Gasteiger partial charge on any atom is 0.188 e. The van der Waals surface area contributed by atoms with Gasteiger partial charge in [-0.1, -0.05) is 12.2 Å². The van der Waals surface area contributed by atoms with Gasteiger partial charge >= 0.3 is 0 Å². The molecule has 0 aromatic rings. The number of hydrogen-bond donors (Lipinski definition) is 2. The molecule has 2 rings (SSSR count). The molecule has 2 aliphatic rings. The molecular weight excluding hydrogens is 214 g/mol. The fraction of sp³-hybridized carbons (Fsp3) is 0.769. The summed E-state index contributed by atoms with van der Waals surface area (Å²) in [6.45, 7) is 2.52. The van der Waals surface area contributed by atoms with Crippen LogP contribution in [-0.2, 0) is 4.74 Å². The van der Waals surface area contributed by atoms with Gasteiger partial charge < -0.3 is 15.8 Å². The van der Waals surface area contributed by atoms with E-state index in [-0.39, 0.29) is 0 Å². The first-order chi connectivity index (χ1) is 8.34. The number of rotatable bonds is 4. The number of ether oxygens (including phenoxy) is 1. The zero-order valence-corrected chi connectivity index (χ0v) is 10.4. The number of hydrogen-bond acceptors (Lipinski definition) is 2. The van der Waals surface area contributed by atoms with Crippen LogP contribution in [-0.4, -0.2) is 31.8 Å². The number of nitrogens with zero attached hydrogens (tertiary/aromatic N) is 1. The fourth-order valence-electron chi connectivity index (χ4n) is 2.33. The molecule has 96 valence electrons. The molecular formula is C13H23N3O. The van der Waals surface area contributed by atoms with Crippen molar-refractivity contribution in [1.29, 1.82) is 0 Å². The van der Waals surface area contributed by atoms with E-state index in [1.165, 1.54) is 12.8 Å². The Labute approximate surface area is 103 Å². The number of aliphatic imine (C=N–C) groups is 1. The minimum absolute atomic E-state index is 0.321. The van der Waals surface area contributed by atoms with Gasteiger partial charge in [0.15, 0.2) is 5.96 Å². The SMILES string of the molecule is NC(=NCC1CC=CCC1)NCC1CCCO1. The number of guanidine groups is 1. The van der Waals surface area contributed by atoms with E-state index in [9.17, 15) is 0 Å². The summed E-state index contributed by atoms with van der Waals surface area (Å²) in [5, 5.41) is 3.15. The summed E-state index contributed by atoms with van der Waals surface area (Å²) < 4.78 is 5.52. The average Bonchev–Trinajstić information content (AvgIpc) is 2.88. The molecule has 1 aliphatic carbocycles. The molecule has 0 saturated carbocycles. The minimum Gasteiger partial charge on any atom is -0.376 e. The van der Waals surface area contributed by atoms with Crippen molar-refractivity contribution < 1.29 is 4.74 Å². The number of nitrogens with one attached hydrogen (secondary N) is 1. The lowest BCUT2D eigenvalue weighted by molar-refractivity contribution is 0.114. The van der Waals surface area contributed by atoms with Crippen molar-refractivity contribution in [2.24, 2.45) is 16.6 Å². The number of nitrogens with two attached hydrogens (primary N) is 1. The molecule has 0 radical (unpaired) electrons. The van der Waals surface area contributed by atoms with Crippen LogP contribution >= 0.6 is 0 Å². The van der Waals surface area contributed by atoms with Crippen LogP contribution in [0.1, 0.15) is 32.1 Å². The zero-order chi connectivity index (χ0) is 11.9. The standard InChI is InChI=1S/C13H23N3O/c14-13(16-10-12-7-4-8-17-12)15-9-11-5-2-1-3-6-11/h1-2,11-12H,3-10H2,(H3,14,15,16). The molecule has 3 N–H and O–H groups in total. The van der Waals surface area contributed by atoms with Crippen LogP contribution < -0.4 is 11.1 Å². The summed E-state index contributed by atoms with van der Waals surface area (Å²) >= 11 is 0. The highest BCUT2D eigenvalue weighted by Crippen LogP contribution is 2.17. The third kappa shape index (κ3) is 4.38. The highest BCUT2D eigenvalue weighted by atomic mass is 16.5. The molecule has 2 unspecified atom stereocenters. The van der Waals surface area contributed by atoms with Gasteiger partial charge in [0.2, 0.25) is 0 Å². The first kappa shape index (κ1) is 12.4. The van der Waals surface area contributed by atoms with Crippen LogP contribution in [0.3, 0.4) is 0 Å². The van der Waals surface area contributed by atoms with Crippen molar-refractivity contribution in [2.75, 3.05) is 19.7 Å². The summed E-state index contributed by atoms with van der Waals surface area (Å²) in [6.07, 6.45) is 10.7. The average molecular weight is 237 g/mol. The van der Waals surface area contributed by atoms with Crippen LogP contribution in [0.15, 0.2) is 17.1 Å². The molecule has 1 saturated heterocycles. The molecule has 1 heterocycles. The Balaban J connectivity index is 1.63. The van der Waals surface area contributed by atoms with Crippen LogP contribution in [0.4, 0.5) is 0 Å². The molecule has 0 aromatic heterocycles. The van der Waals surface area contributed by atoms with Crippen molar-refractivity contribution in [2.45, 2.75) is 38.2 Å². The van der Waals surface area contributed by atoms with Crippen LogP contribution in [0.5, 0.6) is 0 Å². The lowest BCUT2D eigenvalue weighted by Gasteiger charge is -2.16. The van der Waals surface area contributed by atoms with E-state index in [4.69, 9.17) is 10.5 Å². The third-order valence-electron chi connectivity index (χ3n) is 3.43. The van der Waals surface area contributed by atoms with Gasteiger partial charge in [0, 0.05) is 19.7 Å². The maximum atomic E-state index is 5.83. The van der Waals surface area contributed by atoms with Gasteiger partial charge in [-0.25, -0.2) is 0 Å². The molecule has 4 heteroatoms. The van der Waals surface area contributed by atoms with Gasteiger partial charge in [-0.3, -0.25) is 4.99 Å². The molecule has 0 aromatic carbocycles. The first-order valence-electron chi connectivity index (χ1n) is 6.65. The normalized spacial score (nSPS) is 29.5. The molecule has 2 atom stereocenters. The topological polar surface area (TPSA) is 59.6 Å². The molecule has 0 spiro atoms. The van der Waals surface area contributed by atoms with Gasteiger partial charge in [0.25, 0.3) is 0 Å². The first-order valence-corrected chi connectivity index (χ1v) is 6.65. The molecule has 0 amide bonds.